The van der Waals surface area contributed by atoms with Crippen LogP contribution < -0.4 is 25.6 Å². The number of anilines is 5. The molecule has 0 atom stereocenters. The topological polar surface area (TPSA) is 127 Å². The standard InChI is InChI=1S/C37H48BrN8O4P/c1-23(2)45-18-15-30-26(21-40-46(30)24-13-16-44(17-14-24)36(47)50-37(3,4)5)25-19-29(32(49-6)20-31(25)45)42-35-39-22-27(38)34(43-35)41-28-11-9-10-12-33(28)51(7,8)48/h9-12,19-24H,13-18H2,1-8H3,(H2,39,41,42,43). The van der Waals surface area contributed by atoms with Gasteiger partial charge in [0, 0.05) is 72.2 Å². The summed E-state index contributed by atoms with van der Waals surface area (Å²) in [4.78, 5) is 26.3. The maximum atomic E-state index is 13.0. The number of likely N-dealkylation sites (tertiary alicyclic amines) is 1. The predicted molar refractivity (Wildman–Crippen MR) is 208 cm³/mol. The van der Waals surface area contributed by atoms with Gasteiger partial charge in [0.15, 0.2) is 0 Å². The number of halogens is 1. The molecule has 0 saturated carbocycles. The van der Waals surface area contributed by atoms with Crippen LogP contribution in [-0.4, -0.2) is 82.5 Å². The average Bonchev–Trinajstić information content (AvgIpc) is 3.42. The zero-order valence-electron chi connectivity index (χ0n) is 30.7. The van der Waals surface area contributed by atoms with Gasteiger partial charge in [-0.2, -0.15) is 10.1 Å². The Kier molecular flexibility index (Phi) is 10.4. The van der Waals surface area contributed by atoms with E-state index >= 15 is 0 Å². The van der Waals surface area contributed by atoms with Gasteiger partial charge >= 0.3 is 6.09 Å². The van der Waals surface area contributed by atoms with Crippen LogP contribution in [0, 0.1) is 0 Å². The maximum absolute atomic E-state index is 13.0. The number of carbonyl (C=O) groups excluding carboxylic acids is 1. The number of carbonyl (C=O) groups is 1. The van der Waals surface area contributed by atoms with E-state index in [1.165, 1.54) is 5.69 Å². The summed E-state index contributed by atoms with van der Waals surface area (Å²) in [5.74, 6) is 1.57. The normalized spacial score (nSPS) is 15.3. The molecule has 0 spiro atoms. The fourth-order valence-electron chi connectivity index (χ4n) is 6.78. The lowest BCUT2D eigenvalue weighted by Gasteiger charge is -2.34. The molecule has 12 nitrogen and oxygen atoms in total. The minimum Gasteiger partial charge on any atom is -0.494 e. The lowest BCUT2D eigenvalue weighted by Crippen LogP contribution is -2.42. The highest BCUT2D eigenvalue weighted by Gasteiger charge is 2.32. The van der Waals surface area contributed by atoms with E-state index in [9.17, 15) is 9.36 Å². The van der Waals surface area contributed by atoms with Gasteiger partial charge in [-0.1, -0.05) is 12.1 Å². The summed E-state index contributed by atoms with van der Waals surface area (Å²) < 4.78 is 27.4. The quantitative estimate of drug-likeness (QED) is 0.169. The molecule has 6 rings (SSSR count). The molecule has 1 amide bonds. The van der Waals surface area contributed by atoms with Crippen LogP contribution in [0.15, 0.2) is 53.3 Å². The van der Waals surface area contributed by atoms with Crippen molar-refractivity contribution in [1.29, 1.82) is 0 Å². The zero-order chi connectivity index (χ0) is 36.7. The Morgan fingerprint density at radius 2 is 1.75 bits per heavy atom. The summed E-state index contributed by atoms with van der Waals surface area (Å²) in [6.45, 7) is 15.7. The molecule has 0 bridgehead atoms. The van der Waals surface area contributed by atoms with Crippen LogP contribution >= 0.6 is 23.1 Å². The van der Waals surface area contributed by atoms with E-state index in [1.54, 1.807) is 31.5 Å². The Hall–Kier alpha value is -4.09. The molecule has 0 aliphatic carbocycles. The number of ether oxygens (including phenoxy) is 2. The Bertz CT molecular complexity index is 1960. The first kappa shape index (κ1) is 36.7. The van der Waals surface area contributed by atoms with Crippen molar-refractivity contribution in [1.82, 2.24) is 24.6 Å². The van der Waals surface area contributed by atoms with Crippen molar-refractivity contribution in [2.24, 2.45) is 0 Å². The average molecular weight is 780 g/mol. The van der Waals surface area contributed by atoms with Crippen LogP contribution in [0.2, 0.25) is 0 Å². The molecular formula is C37H48BrN8O4P. The first-order chi connectivity index (χ1) is 24.1. The van der Waals surface area contributed by atoms with Gasteiger partial charge in [-0.15, -0.1) is 0 Å². The maximum Gasteiger partial charge on any atom is 0.410 e. The number of nitrogens with zero attached hydrogens (tertiary/aromatic N) is 6. The molecule has 272 valence electrons. The fourth-order valence-corrected chi connectivity index (χ4v) is 8.23. The van der Waals surface area contributed by atoms with Crippen molar-refractivity contribution < 1.29 is 18.8 Å². The summed E-state index contributed by atoms with van der Waals surface area (Å²) in [6, 6.07) is 12.2. The summed E-state index contributed by atoms with van der Waals surface area (Å²) in [6.07, 6.45) is 5.84. The third kappa shape index (κ3) is 8.04. The minimum atomic E-state index is -2.55. The number of fused-ring (bicyclic) bond motifs is 3. The highest BCUT2D eigenvalue weighted by Crippen LogP contribution is 2.45. The SMILES string of the molecule is COc1cc2c(cc1Nc1ncc(Br)c(Nc3ccccc3P(C)(C)=O)n1)-c1cnn(C3CCN(C(=O)OC(C)(C)C)CC3)c1CCN2C(C)C. The van der Waals surface area contributed by atoms with Gasteiger partial charge in [0.25, 0.3) is 0 Å². The van der Waals surface area contributed by atoms with Gasteiger partial charge in [-0.25, -0.2) is 9.78 Å². The number of hydrogen-bond acceptors (Lipinski definition) is 10. The molecular weight excluding hydrogens is 731 g/mol. The summed E-state index contributed by atoms with van der Waals surface area (Å²) >= 11 is 3.58. The molecule has 51 heavy (non-hydrogen) atoms. The number of hydrogen-bond donors (Lipinski definition) is 2. The molecule has 1 fully saturated rings. The molecule has 0 unspecified atom stereocenters. The van der Waals surface area contributed by atoms with Crippen LogP contribution in [0.1, 0.15) is 59.2 Å². The van der Waals surface area contributed by atoms with Gasteiger partial charge in [0.1, 0.15) is 24.3 Å². The van der Waals surface area contributed by atoms with Gasteiger partial charge < -0.3 is 34.5 Å². The van der Waals surface area contributed by atoms with E-state index < -0.39 is 12.7 Å². The third-order valence-electron chi connectivity index (χ3n) is 9.22. The van der Waals surface area contributed by atoms with Crippen LogP contribution in [0.3, 0.4) is 0 Å². The Balaban J connectivity index is 1.32. The minimum absolute atomic E-state index is 0.180. The second kappa shape index (κ2) is 14.5. The van der Waals surface area contributed by atoms with Crippen molar-refractivity contribution in [3.63, 3.8) is 0 Å². The van der Waals surface area contributed by atoms with Gasteiger partial charge in [-0.05, 0) is 94.9 Å². The van der Waals surface area contributed by atoms with Crippen molar-refractivity contribution in [3.8, 4) is 16.9 Å². The summed E-state index contributed by atoms with van der Waals surface area (Å²) in [5.41, 5.74) is 5.30. The van der Waals surface area contributed by atoms with Crippen molar-refractivity contribution in [2.45, 2.75) is 71.6 Å². The third-order valence-corrected chi connectivity index (χ3v) is 11.3. The highest BCUT2D eigenvalue weighted by molar-refractivity contribution is 9.10. The second-order valence-electron chi connectivity index (χ2n) is 14.8. The molecule has 2 aliphatic heterocycles. The van der Waals surface area contributed by atoms with E-state index in [0.717, 1.165) is 53.6 Å². The number of methoxy groups -OCH3 is 1. The molecule has 2 aromatic heterocycles. The van der Waals surface area contributed by atoms with E-state index in [0.29, 0.717) is 40.8 Å². The number of amides is 1. The Morgan fingerprint density at radius 3 is 2.41 bits per heavy atom. The molecule has 4 aromatic rings. The number of nitrogens with one attached hydrogen (secondary N) is 2. The van der Waals surface area contributed by atoms with Crippen LogP contribution in [0.25, 0.3) is 11.1 Å². The number of para-hydroxylation sites is 1. The molecule has 14 heteroatoms. The molecule has 2 aliphatic rings. The number of rotatable bonds is 8. The molecule has 4 heterocycles. The van der Waals surface area contributed by atoms with Crippen LogP contribution in [-0.2, 0) is 15.7 Å². The predicted octanol–water partition coefficient (Wildman–Crippen LogP) is 8.19. The lowest BCUT2D eigenvalue weighted by atomic mass is 10.0. The molecule has 2 aromatic carbocycles. The number of piperidine rings is 1. The van der Waals surface area contributed by atoms with E-state index in [2.05, 4.69) is 67.1 Å². The highest BCUT2D eigenvalue weighted by atomic mass is 79.9. The molecule has 2 N–H and O–H groups in total. The van der Waals surface area contributed by atoms with Crippen LogP contribution in [0.4, 0.5) is 33.6 Å². The lowest BCUT2D eigenvalue weighted by molar-refractivity contribution is 0.0184. The number of benzene rings is 2. The van der Waals surface area contributed by atoms with E-state index in [-0.39, 0.29) is 18.2 Å². The van der Waals surface area contributed by atoms with Gasteiger partial charge in [0.2, 0.25) is 5.95 Å². The fraction of sp³-hybridized carbons (Fsp3) is 0.459. The van der Waals surface area contributed by atoms with Gasteiger partial charge in [-0.3, -0.25) is 4.68 Å². The largest absolute Gasteiger partial charge is 0.494 e. The molecule has 0 radical (unpaired) electrons. The first-order valence-electron chi connectivity index (χ1n) is 17.4. The van der Waals surface area contributed by atoms with Crippen molar-refractivity contribution in [3.05, 3.63) is 59.0 Å². The van der Waals surface area contributed by atoms with E-state index in [4.69, 9.17) is 19.6 Å². The van der Waals surface area contributed by atoms with Crippen LogP contribution in [0.5, 0.6) is 5.75 Å². The summed E-state index contributed by atoms with van der Waals surface area (Å²) in [5, 5.41) is 12.5. The number of aromatic nitrogens is 4. The Morgan fingerprint density at radius 1 is 1.02 bits per heavy atom. The van der Waals surface area contributed by atoms with E-state index in [1.807, 2.05) is 51.2 Å². The summed E-state index contributed by atoms with van der Waals surface area (Å²) in [7, 11) is -0.882. The molecule has 1 saturated heterocycles. The van der Waals surface area contributed by atoms with Crippen molar-refractivity contribution >= 4 is 63.3 Å². The van der Waals surface area contributed by atoms with Crippen molar-refractivity contribution in [2.75, 3.05) is 55.6 Å². The first-order valence-corrected chi connectivity index (χ1v) is 20.8. The zero-order valence-corrected chi connectivity index (χ0v) is 33.1. The smallest absolute Gasteiger partial charge is 0.410 e. The second-order valence-corrected chi connectivity index (χ2v) is 18.8. The monoisotopic (exact) mass is 778 g/mol. The van der Waals surface area contributed by atoms with Gasteiger partial charge in [0.05, 0.1) is 35.2 Å². The Labute approximate surface area is 308 Å².